The predicted molar refractivity (Wildman–Crippen MR) is 147 cm³/mol. The molecule has 0 spiro atoms. The van der Waals surface area contributed by atoms with Crippen molar-refractivity contribution in [3.63, 3.8) is 0 Å². The number of hydrogen-bond donors (Lipinski definition) is 5. The Labute approximate surface area is 233 Å². The predicted octanol–water partition coefficient (Wildman–Crippen LogP) is 2.85. The van der Waals surface area contributed by atoms with Gasteiger partial charge in [0.1, 0.15) is 23.1 Å². The van der Waals surface area contributed by atoms with Gasteiger partial charge in [0.25, 0.3) is 5.91 Å². The van der Waals surface area contributed by atoms with Crippen molar-refractivity contribution in [2.24, 2.45) is 17.6 Å². The molecule has 0 radical (unpaired) electrons. The van der Waals surface area contributed by atoms with E-state index in [1.54, 1.807) is 19.0 Å². The number of Topliss-reactive ketones (excluding diaryl/α,β-unsaturated/α-hetero) is 1. The molecular weight excluding hydrogens is 517 g/mol. The van der Waals surface area contributed by atoms with Crippen LogP contribution in [0.5, 0.6) is 5.75 Å². The Hall–Kier alpha value is -3.21. The van der Waals surface area contributed by atoms with Crippen LogP contribution in [0.1, 0.15) is 55.7 Å². The molecule has 0 bridgehead atoms. The summed E-state index contributed by atoms with van der Waals surface area (Å²) in [7, 11) is 3.26. The molecular formula is C30H38FN3O6. The van der Waals surface area contributed by atoms with Gasteiger partial charge >= 0.3 is 0 Å². The highest BCUT2D eigenvalue weighted by Gasteiger charge is 2.62. The summed E-state index contributed by atoms with van der Waals surface area (Å²) in [6, 6.07) is 0.701. The topological polar surface area (TPSA) is 148 Å². The van der Waals surface area contributed by atoms with E-state index < -0.39 is 58.1 Å². The number of primary amides is 1. The zero-order chi connectivity index (χ0) is 29.3. The monoisotopic (exact) mass is 555 g/mol. The molecule has 40 heavy (non-hydrogen) atoms. The van der Waals surface area contributed by atoms with Crippen molar-refractivity contribution < 1.29 is 34.4 Å². The Morgan fingerprint density at radius 2 is 1.88 bits per heavy atom. The Morgan fingerprint density at radius 3 is 2.45 bits per heavy atom. The van der Waals surface area contributed by atoms with E-state index in [2.05, 4.69) is 11.5 Å². The molecule has 0 saturated heterocycles. The quantitative estimate of drug-likeness (QED) is 0.360. The number of phenols is 1. The van der Waals surface area contributed by atoms with E-state index in [1.165, 1.54) is 6.07 Å². The first-order chi connectivity index (χ1) is 18.8. The Bertz CT molecular complexity index is 1360. The fraction of sp³-hybridized carbons (Fsp3) is 0.533. The third-order valence-corrected chi connectivity index (χ3v) is 9.54. The van der Waals surface area contributed by atoms with Gasteiger partial charge in [-0.1, -0.05) is 26.3 Å². The van der Waals surface area contributed by atoms with E-state index in [4.69, 9.17) is 5.73 Å². The average molecular weight is 556 g/mol. The van der Waals surface area contributed by atoms with Crippen molar-refractivity contribution in [2.45, 2.75) is 69.7 Å². The molecule has 0 heterocycles. The van der Waals surface area contributed by atoms with E-state index >= 15 is 4.39 Å². The Kier molecular flexibility index (Phi) is 7.09. The first-order valence-corrected chi connectivity index (χ1v) is 13.9. The summed E-state index contributed by atoms with van der Waals surface area (Å²) in [6.45, 7) is 6.83. The Morgan fingerprint density at radius 1 is 1.23 bits per heavy atom. The molecule has 0 aromatic heterocycles. The number of halogens is 1. The number of aliphatic hydroxyl groups excluding tert-OH is 2. The summed E-state index contributed by atoms with van der Waals surface area (Å²) in [6.07, 6.45) is 4.45. The van der Waals surface area contributed by atoms with Crippen LogP contribution in [0.25, 0.3) is 5.76 Å². The number of aromatic hydroxyl groups is 1. The van der Waals surface area contributed by atoms with Crippen LogP contribution in [0, 0.1) is 17.7 Å². The number of rotatable bonds is 6. The molecule has 1 unspecified atom stereocenters. The molecule has 1 amide bonds. The Balaban J connectivity index is 1.60. The van der Waals surface area contributed by atoms with Crippen LogP contribution in [-0.2, 0) is 22.6 Å². The SMILES string of the molecule is C=C1C(C(N)=O)=C(O)[C@@H](N(C)C)C2C[C@@H]3Cc4c(F)c(CN(CC)C5CCCC5)cc(O)c4C(O)=C3C(=O)[C@]12O. The number of hydrogen-bond acceptors (Lipinski definition) is 8. The van der Waals surface area contributed by atoms with Gasteiger partial charge in [-0.25, -0.2) is 4.39 Å². The number of carbonyl (C=O) groups is 2. The van der Waals surface area contributed by atoms with Crippen molar-refractivity contribution in [2.75, 3.05) is 20.6 Å². The van der Waals surface area contributed by atoms with Gasteiger partial charge in [-0.2, -0.15) is 0 Å². The van der Waals surface area contributed by atoms with Gasteiger partial charge in [0, 0.05) is 40.8 Å². The van der Waals surface area contributed by atoms with Crippen molar-refractivity contribution >= 4 is 17.4 Å². The highest BCUT2D eigenvalue weighted by atomic mass is 19.1. The first kappa shape index (κ1) is 28.3. The molecule has 1 aromatic carbocycles. The molecule has 2 saturated carbocycles. The number of fused-ring (bicyclic) bond motifs is 3. The number of phenolic OH excluding ortho intramolecular Hbond substituents is 1. The fourth-order valence-electron chi connectivity index (χ4n) is 7.62. The summed E-state index contributed by atoms with van der Waals surface area (Å²) in [4.78, 5) is 30.0. The van der Waals surface area contributed by atoms with Crippen LogP contribution in [0.3, 0.4) is 0 Å². The smallest absolute Gasteiger partial charge is 0.252 e. The second kappa shape index (κ2) is 10.0. The molecule has 4 aliphatic carbocycles. The van der Waals surface area contributed by atoms with Gasteiger partial charge < -0.3 is 26.2 Å². The van der Waals surface area contributed by atoms with Gasteiger partial charge in [-0.3, -0.25) is 19.4 Å². The minimum absolute atomic E-state index is 0.00953. The van der Waals surface area contributed by atoms with Gasteiger partial charge in [0.2, 0.25) is 0 Å². The minimum atomic E-state index is -2.35. The van der Waals surface area contributed by atoms with Gasteiger partial charge in [-0.15, -0.1) is 0 Å². The molecule has 10 heteroatoms. The summed E-state index contributed by atoms with van der Waals surface area (Å²) in [5.74, 6) is -5.46. The summed E-state index contributed by atoms with van der Waals surface area (Å²) >= 11 is 0. The van der Waals surface area contributed by atoms with E-state index in [1.807, 2.05) is 6.92 Å². The van der Waals surface area contributed by atoms with E-state index in [0.717, 1.165) is 32.2 Å². The van der Waals surface area contributed by atoms with Crippen LogP contribution in [0.2, 0.25) is 0 Å². The fourth-order valence-corrected chi connectivity index (χ4v) is 7.62. The van der Waals surface area contributed by atoms with Crippen molar-refractivity contribution in [1.29, 1.82) is 0 Å². The zero-order valence-electron chi connectivity index (χ0n) is 23.2. The summed E-state index contributed by atoms with van der Waals surface area (Å²) in [5.41, 5.74) is 2.51. The molecule has 0 aliphatic heterocycles. The average Bonchev–Trinajstić information content (AvgIpc) is 3.41. The molecule has 4 aliphatic rings. The number of nitrogens with zero attached hydrogens (tertiary/aromatic N) is 2. The number of nitrogens with two attached hydrogens (primary N) is 1. The van der Waals surface area contributed by atoms with Crippen LogP contribution in [0.15, 0.2) is 35.1 Å². The van der Waals surface area contributed by atoms with Gasteiger partial charge in [0.05, 0.1) is 17.2 Å². The largest absolute Gasteiger partial charge is 0.510 e. The lowest BCUT2D eigenvalue weighted by atomic mass is 9.56. The standard InChI is InChI=1S/C30H38FN3O6/c1-5-34(17-8-6-7-9-17)13-16-12-20(35)23-18(24(16)31)10-15-11-19-25(33(3)4)27(37)21(29(32)39)14(2)30(19,40)28(38)22(15)26(23)36/h12,15,17,19,25,35-37,40H,2,5-11,13H2,1,3-4H3,(H2,32,39)/t15-,19?,25-,30-/m0/s1. The second-order valence-electron chi connectivity index (χ2n) is 11.8. The maximum absolute atomic E-state index is 16.1. The molecule has 2 fully saturated rings. The van der Waals surface area contributed by atoms with Crippen molar-refractivity contribution in [3.8, 4) is 5.75 Å². The maximum Gasteiger partial charge on any atom is 0.252 e. The van der Waals surface area contributed by atoms with Gasteiger partial charge in [-0.05, 0) is 58.3 Å². The number of aliphatic hydroxyl groups is 3. The normalized spacial score (nSPS) is 28.8. The third kappa shape index (κ3) is 3.99. The first-order valence-electron chi connectivity index (χ1n) is 13.9. The lowest BCUT2D eigenvalue weighted by Crippen LogP contribution is -2.63. The highest BCUT2D eigenvalue weighted by Crippen LogP contribution is 2.54. The molecule has 4 atom stereocenters. The molecule has 5 rings (SSSR count). The van der Waals surface area contributed by atoms with Gasteiger partial charge in [0.15, 0.2) is 11.4 Å². The number of carbonyl (C=O) groups excluding carboxylic acids is 2. The lowest BCUT2D eigenvalue weighted by Gasteiger charge is -2.52. The van der Waals surface area contributed by atoms with E-state index in [9.17, 15) is 30.0 Å². The van der Waals surface area contributed by atoms with Crippen LogP contribution >= 0.6 is 0 Å². The summed E-state index contributed by atoms with van der Waals surface area (Å²) in [5, 5.41) is 45.2. The summed E-state index contributed by atoms with van der Waals surface area (Å²) < 4.78 is 16.1. The third-order valence-electron chi connectivity index (χ3n) is 9.54. The molecule has 216 valence electrons. The van der Waals surface area contributed by atoms with Crippen molar-refractivity contribution in [3.05, 3.63) is 57.6 Å². The van der Waals surface area contributed by atoms with Crippen LogP contribution in [0.4, 0.5) is 4.39 Å². The van der Waals surface area contributed by atoms with E-state index in [0.29, 0.717) is 18.2 Å². The lowest BCUT2D eigenvalue weighted by molar-refractivity contribution is -0.143. The second-order valence-corrected chi connectivity index (χ2v) is 11.8. The number of amides is 1. The van der Waals surface area contributed by atoms with Crippen LogP contribution < -0.4 is 5.73 Å². The molecule has 1 aromatic rings. The number of likely N-dealkylation sites (N-methyl/N-ethyl adjacent to an activating group) is 1. The van der Waals surface area contributed by atoms with Crippen molar-refractivity contribution in [1.82, 2.24) is 9.80 Å². The minimum Gasteiger partial charge on any atom is -0.510 e. The highest BCUT2D eigenvalue weighted by molar-refractivity contribution is 6.13. The van der Waals surface area contributed by atoms with Crippen LogP contribution in [-0.4, -0.2) is 80.2 Å². The number of benzene rings is 1. The maximum atomic E-state index is 16.1. The molecule has 6 N–H and O–H groups in total. The zero-order valence-corrected chi connectivity index (χ0v) is 23.2. The number of ketones is 1. The van der Waals surface area contributed by atoms with E-state index in [-0.39, 0.29) is 40.9 Å². The molecule has 9 nitrogen and oxygen atoms in total.